The van der Waals surface area contributed by atoms with E-state index in [9.17, 15) is 19.7 Å². The number of nitrogens with zero attached hydrogens (tertiary/aromatic N) is 2. The summed E-state index contributed by atoms with van der Waals surface area (Å²) in [5.41, 5.74) is -0.154. The molecule has 8 heteroatoms. The number of ether oxygens (including phenoxy) is 2. The van der Waals surface area contributed by atoms with Crippen LogP contribution >= 0.6 is 0 Å². The molecule has 0 spiro atoms. The van der Waals surface area contributed by atoms with Crippen molar-refractivity contribution in [2.75, 3.05) is 19.8 Å². The van der Waals surface area contributed by atoms with Gasteiger partial charge in [-0.05, 0) is 25.8 Å². The molecule has 1 saturated heterocycles. The molecular weight excluding hydrogens is 340 g/mol. The third-order valence-corrected chi connectivity index (χ3v) is 4.88. The molecule has 1 aliphatic carbocycles. The van der Waals surface area contributed by atoms with Gasteiger partial charge in [-0.2, -0.15) is 0 Å². The number of esters is 1. The molecule has 2 aliphatic rings. The van der Waals surface area contributed by atoms with Gasteiger partial charge in [-0.15, -0.1) is 0 Å². The summed E-state index contributed by atoms with van der Waals surface area (Å²) < 4.78 is 10.7. The highest BCUT2D eigenvalue weighted by Gasteiger charge is 2.37. The lowest BCUT2D eigenvalue weighted by molar-refractivity contribution is -0.384. The van der Waals surface area contributed by atoms with Crippen LogP contribution in [-0.2, 0) is 9.47 Å². The highest BCUT2D eigenvalue weighted by molar-refractivity contribution is 5.99. The number of benzene rings is 1. The quantitative estimate of drug-likeness (QED) is 0.464. The van der Waals surface area contributed by atoms with Gasteiger partial charge >= 0.3 is 5.97 Å². The Kier molecular flexibility index (Phi) is 5.51. The van der Waals surface area contributed by atoms with Crippen molar-refractivity contribution in [1.82, 2.24) is 4.90 Å². The summed E-state index contributed by atoms with van der Waals surface area (Å²) >= 11 is 0. The number of nitro benzene ring substituents is 1. The van der Waals surface area contributed by atoms with Gasteiger partial charge in [-0.3, -0.25) is 14.9 Å². The minimum absolute atomic E-state index is 0.0119. The second-order valence-corrected chi connectivity index (χ2v) is 6.51. The standard InChI is InChI=1S/C18H22N2O6/c1-2-25-18(22)13-9-12(10-14(11-13)20(23)24)17(21)19-7-8-26-16-6-4-3-5-15(16)19/h9-11,15-16H,2-8H2,1H3. The SMILES string of the molecule is CCOC(=O)c1cc(C(=O)N2CCOC3CCCCC32)cc([N+](=O)[O-])c1. The fourth-order valence-electron chi connectivity index (χ4n) is 3.69. The van der Waals surface area contributed by atoms with Gasteiger partial charge in [0.05, 0.1) is 35.8 Å². The summed E-state index contributed by atoms with van der Waals surface area (Å²) in [5.74, 6) is -0.984. The van der Waals surface area contributed by atoms with E-state index < -0.39 is 10.9 Å². The molecule has 1 aliphatic heterocycles. The summed E-state index contributed by atoms with van der Waals surface area (Å²) in [7, 11) is 0. The molecule has 3 rings (SSSR count). The number of carbonyl (C=O) groups excluding carboxylic acids is 2. The summed E-state index contributed by atoms with van der Waals surface area (Å²) in [5, 5.41) is 11.2. The Bertz CT molecular complexity index is 718. The molecule has 26 heavy (non-hydrogen) atoms. The first-order chi connectivity index (χ1) is 12.5. The molecule has 2 fully saturated rings. The molecule has 1 aromatic rings. The molecule has 2 unspecified atom stereocenters. The molecule has 0 N–H and O–H groups in total. The van der Waals surface area contributed by atoms with Crippen molar-refractivity contribution in [2.24, 2.45) is 0 Å². The fourth-order valence-corrected chi connectivity index (χ4v) is 3.69. The number of morpholine rings is 1. The van der Waals surface area contributed by atoms with Crippen LogP contribution < -0.4 is 0 Å². The van der Waals surface area contributed by atoms with E-state index in [1.165, 1.54) is 12.1 Å². The normalized spacial score (nSPS) is 22.4. The molecule has 8 nitrogen and oxygen atoms in total. The van der Waals surface area contributed by atoms with Gasteiger partial charge in [-0.1, -0.05) is 12.8 Å². The molecule has 1 saturated carbocycles. The first-order valence-electron chi connectivity index (χ1n) is 8.90. The molecule has 0 radical (unpaired) electrons. The van der Waals surface area contributed by atoms with E-state index in [4.69, 9.17) is 9.47 Å². The number of hydrogen-bond donors (Lipinski definition) is 0. The van der Waals surface area contributed by atoms with E-state index in [-0.39, 0.29) is 41.5 Å². The van der Waals surface area contributed by atoms with E-state index in [1.807, 2.05) is 0 Å². The van der Waals surface area contributed by atoms with Crippen molar-refractivity contribution < 1.29 is 24.0 Å². The molecule has 1 aromatic carbocycles. The Labute approximate surface area is 151 Å². The molecule has 0 bridgehead atoms. The largest absolute Gasteiger partial charge is 0.462 e. The summed E-state index contributed by atoms with van der Waals surface area (Å²) in [6.45, 7) is 2.69. The Balaban J connectivity index is 1.92. The van der Waals surface area contributed by atoms with Crippen LogP contribution in [0.2, 0.25) is 0 Å². The number of hydrogen-bond acceptors (Lipinski definition) is 6. The lowest BCUT2D eigenvalue weighted by Crippen LogP contribution is -2.54. The summed E-state index contributed by atoms with van der Waals surface area (Å²) in [6, 6.07) is 3.71. The minimum atomic E-state index is -0.678. The van der Waals surface area contributed by atoms with Crippen molar-refractivity contribution in [3.63, 3.8) is 0 Å². The lowest BCUT2D eigenvalue weighted by atomic mass is 9.89. The van der Waals surface area contributed by atoms with Gasteiger partial charge in [-0.25, -0.2) is 4.79 Å². The average Bonchev–Trinajstić information content (AvgIpc) is 2.66. The summed E-state index contributed by atoms with van der Waals surface area (Å²) in [4.78, 5) is 37.4. The number of amides is 1. The van der Waals surface area contributed by atoms with Gasteiger partial charge < -0.3 is 14.4 Å². The summed E-state index contributed by atoms with van der Waals surface area (Å²) in [6.07, 6.45) is 3.89. The van der Waals surface area contributed by atoms with Crippen molar-refractivity contribution in [3.05, 3.63) is 39.4 Å². The monoisotopic (exact) mass is 362 g/mol. The van der Waals surface area contributed by atoms with Gasteiger partial charge in [0.25, 0.3) is 11.6 Å². The Hall–Kier alpha value is -2.48. The Morgan fingerprint density at radius 3 is 2.73 bits per heavy atom. The van der Waals surface area contributed by atoms with Crippen LogP contribution in [0.3, 0.4) is 0 Å². The number of rotatable bonds is 4. The van der Waals surface area contributed by atoms with E-state index in [1.54, 1.807) is 11.8 Å². The Morgan fingerprint density at radius 2 is 2.00 bits per heavy atom. The van der Waals surface area contributed by atoms with Crippen LogP contribution in [0.25, 0.3) is 0 Å². The van der Waals surface area contributed by atoms with Gasteiger partial charge in [0.15, 0.2) is 0 Å². The predicted octanol–water partition coefficient (Wildman–Crippen LogP) is 2.56. The molecule has 1 heterocycles. The van der Waals surface area contributed by atoms with E-state index in [2.05, 4.69) is 0 Å². The maximum Gasteiger partial charge on any atom is 0.338 e. The number of fused-ring (bicyclic) bond motifs is 1. The molecule has 0 aromatic heterocycles. The second-order valence-electron chi connectivity index (χ2n) is 6.51. The first-order valence-corrected chi connectivity index (χ1v) is 8.90. The zero-order valence-corrected chi connectivity index (χ0v) is 14.7. The number of non-ortho nitro benzene ring substituents is 1. The van der Waals surface area contributed by atoms with Crippen molar-refractivity contribution in [2.45, 2.75) is 44.8 Å². The maximum absolute atomic E-state index is 13.1. The minimum Gasteiger partial charge on any atom is -0.462 e. The Morgan fingerprint density at radius 1 is 1.27 bits per heavy atom. The zero-order chi connectivity index (χ0) is 18.7. The van der Waals surface area contributed by atoms with Gasteiger partial charge in [0.2, 0.25) is 0 Å². The molecule has 140 valence electrons. The lowest BCUT2D eigenvalue weighted by Gasteiger charge is -2.43. The van der Waals surface area contributed by atoms with E-state index in [0.717, 1.165) is 31.7 Å². The van der Waals surface area contributed by atoms with E-state index in [0.29, 0.717) is 13.2 Å². The molecule has 2 atom stereocenters. The van der Waals surface area contributed by atoms with Crippen LogP contribution in [0.1, 0.15) is 53.3 Å². The van der Waals surface area contributed by atoms with Crippen molar-refractivity contribution >= 4 is 17.6 Å². The third kappa shape index (κ3) is 3.70. The van der Waals surface area contributed by atoms with Crippen LogP contribution in [0, 0.1) is 10.1 Å². The second kappa shape index (κ2) is 7.82. The first kappa shape index (κ1) is 18.3. The van der Waals surface area contributed by atoms with Crippen molar-refractivity contribution in [1.29, 1.82) is 0 Å². The third-order valence-electron chi connectivity index (χ3n) is 4.88. The van der Waals surface area contributed by atoms with E-state index >= 15 is 0 Å². The van der Waals surface area contributed by atoms with Crippen LogP contribution in [0.15, 0.2) is 18.2 Å². The topological polar surface area (TPSA) is 99.0 Å². The molecular formula is C18H22N2O6. The smallest absolute Gasteiger partial charge is 0.338 e. The fraction of sp³-hybridized carbons (Fsp3) is 0.556. The zero-order valence-electron chi connectivity index (χ0n) is 14.7. The highest BCUT2D eigenvalue weighted by atomic mass is 16.6. The van der Waals surface area contributed by atoms with Gasteiger partial charge in [0, 0.05) is 24.2 Å². The average molecular weight is 362 g/mol. The van der Waals surface area contributed by atoms with Crippen molar-refractivity contribution in [3.8, 4) is 0 Å². The number of carbonyl (C=O) groups is 2. The van der Waals surface area contributed by atoms with Crippen LogP contribution in [0.4, 0.5) is 5.69 Å². The highest BCUT2D eigenvalue weighted by Crippen LogP contribution is 2.30. The predicted molar refractivity (Wildman–Crippen MR) is 92.1 cm³/mol. The maximum atomic E-state index is 13.1. The molecule has 1 amide bonds. The van der Waals surface area contributed by atoms with Gasteiger partial charge in [0.1, 0.15) is 0 Å². The number of nitro groups is 1. The van der Waals surface area contributed by atoms with Crippen LogP contribution in [-0.4, -0.2) is 53.6 Å². The van der Waals surface area contributed by atoms with Crippen LogP contribution in [0.5, 0.6) is 0 Å².